The van der Waals surface area contributed by atoms with Crippen molar-refractivity contribution in [1.29, 1.82) is 0 Å². The van der Waals surface area contributed by atoms with Crippen molar-refractivity contribution in [3.8, 4) is 0 Å². The van der Waals surface area contributed by atoms with Gasteiger partial charge in [0.1, 0.15) is 5.60 Å². The molecule has 2 heterocycles. The molecule has 0 radical (unpaired) electrons. The predicted octanol–water partition coefficient (Wildman–Crippen LogP) is 2.21. The zero-order valence-corrected chi connectivity index (χ0v) is 12.3. The molecule has 1 fully saturated rings. The predicted molar refractivity (Wildman–Crippen MR) is 76.9 cm³/mol. The maximum absolute atomic E-state index is 11.9. The van der Waals surface area contributed by atoms with Gasteiger partial charge in [-0.1, -0.05) is 18.2 Å². The van der Waals surface area contributed by atoms with Gasteiger partial charge in [0.05, 0.1) is 28.4 Å². The lowest BCUT2D eigenvalue weighted by Gasteiger charge is -2.38. The van der Waals surface area contributed by atoms with E-state index in [9.17, 15) is 9.59 Å². The van der Waals surface area contributed by atoms with Crippen LogP contribution in [-0.4, -0.2) is 30.0 Å². The van der Waals surface area contributed by atoms with Crippen LogP contribution in [0.2, 0.25) is 0 Å². The Morgan fingerprint density at radius 1 is 1.32 bits per heavy atom. The number of rotatable bonds is 0. The molecule has 2 amide bonds. The fraction of sp³-hybridized carbons (Fsp3) is 0.385. The van der Waals surface area contributed by atoms with Crippen molar-refractivity contribution in [3.63, 3.8) is 0 Å². The third-order valence-corrected chi connectivity index (χ3v) is 4.33. The van der Waals surface area contributed by atoms with E-state index < -0.39 is 5.60 Å². The van der Waals surface area contributed by atoms with Crippen molar-refractivity contribution in [2.45, 2.75) is 18.4 Å². The highest BCUT2D eigenvalue weighted by molar-refractivity contribution is 14.1. The van der Waals surface area contributed by atoms with Gasteiger partial charge in [0.25, 0.3) is 0 Å². The Morgan fingerprint density at radius 3 is 2.68 bits per heavy atom. The standard InChI is InChI=1S/C13H13IN2O3/c14-15-12(18)16-7-5-13(6-8-16)10-4-2-1-3-9(10)11(17)19-13/h1-4H,5-8H2,(H,15,18). The summed E-state index contributed by atoms with van der Waals surface area (Å²) in [6.45, 7) is 1.19. The Hall–Kier alpha value is -1.31. The van der Waals surface area contributed by atoms with E-state index in [4.69, 9.17) is 4.74 Å². The second-order valence-corrected chi connectivity index (χ2v) is 5.36. The Kier molecular flexibility index (Phi) is 3.12. The van der Waals surface area contributed by atoms with Gasteiger partial charge in [0.15, 0.2) is 0 Å². The molecule has 5 nitrogen and oxygen atoms in total. The van der Waals surface area contributed by atoms with Crippen molar-refractivity contribution < 1.29 is 14.3 Å². The number of hydrogen-bond acceptors (Lipinski definition) is 3. The van der Waals surface area contributed by atoms with Crippen molar-refractivity contribution in [1.82, 2.24) is 8.43 Å². The monoisotopic (exact) mass is 372 g/mol. The molecule has 0 saturated carbocycles. The van der Waals surface area contributed by atoms with Gasteiger partial charge >= 0.3 is 12.0 Å². The van der Waals surface area contributed by atoms with Crippen LogP contribution in [0.15, 0.2) is 24.3 Å². The van der Waals surface area contributed by atoms with E-state index in [-0.39, 0.29) is 12.0 Å². The number of esters is 1. The molecule has 1 saturated heterocycles. The number of hydrogen-bond donors (Lipinski definition) is 1. The highest BCUT2D eigenvalue weighted by Gasteiger charge is 2.47. The van der Waals surface area contributed by atoms with Gasteiger partial charge in [-0.05, 0) is 6.07 Å². The van der Waals surface area contributed by atoms with E-state index >= 15 is 0 Å². The summed E-state index contributed by atoms with van der Waals surface area (Å²) in [6.07, 6.45) is 1.31. The van der Waals surface area contributed by atoms with Crippen molar-refractivity contribution in [2.75, 3.05) is 13.1 Å². The minimum atomic E-state index is -0.532. The molecule has 1 spiro atoms. The smallest absolute Gasteiger partial charge is 0.339 e. The number of piperidine rings is 1. The van der Waals surface area contributed by atoms with Gasteiger partial charge < -0.3 is 9.64 Å². The van der Waals surface area contributed by atoms with E-state index in [2.05, 4.69) is 3.53 Å². The molecule has 100 valence electrons. The molecule has 0 bridgehead atoms. The first-order valence-electron chi connectivity index (χ1n) is 6.15. The van der Waals surface area contributed by atoms with Gasteiger partial charge in [0, 0.05) is 31.5 Å². The maximum atomic E-state index is 11.9. The zero-order valence-electron chi connectivity index (χ0n) is 10.2. The number of fused-ring (bicyclic) bond motifs is 2. The molecule has 3 rings (SSSR count). The summed E-state index contributed by atoms with van der Waals surface area (Å²) in [5.41, 5.74) is 1.10. The highest BCUT2D eigenvalue weighted by Crippen LogP contribution is 2.43. The SMILES string of the molecule is O=C1OC2(CCN(C(=O)NI)CC2)c2ccccc21. The molecule has 2 aliphatic heterocycles. The number of halogens is 1. The van der Waals surface area contributed by atoms with Crippen LogP contribution in [0.4, 0.5) is 4.79 Å². The molecular formula is C13H13IN2O3. The molecule has 0 atom stereocenters. The van der Waals surface area contributed by atoms with E-state index in [1.807, 2.05) is 41.1 Å². The van der Waals surface area contributed by atoms with Crippen LogP contribution in [0.1, 0.15) is 28.8 Å². The number of ether oxygens (including phenoxy) is 1. The second-order valence-electron chi connectivity index (χ2n) is 4.82. The van der Waals surface area contributed by atoms with Crippen LogP contribution >= 0.6 is 22.9 Å². The Balaban J connectivity index is 1.85. The molecular weight excluding hydrogens is 359 g/mol. The normalized spacial score (nSPS) is 20.1. The van der Waals surface area contributed by atoms with Crippen molar-refractivity contribution in [3.05, 3.63) is 35.4 Å². The fourth-order valence-corrected chi connectivity index (χ4v) is 3.19. The molecule has 0 aromatic heterocycles. The average Bonchev–Trinajstić information content (AvgIpc) is 2.72. The van der Waals surface area contributed by atoms with E-state index in [1.165, 1.54) is 0 Å². The summed E-state index contributed by atoms with van der Waals surface area (Å²) in [5.74, 6) is -0.248. The number of urea groups is 1. The molecule has 1 aromatic carbocycles. The topological polar surface area (TPSA) is 58.6 Å². The summed E-state index contributed by atoms with van der Waals surface area (Å²) in [5, 5.41) is 0. The van der Waals surface area contributed by atoms with Crippen LogP contribution in [-0.2, 0) is 10.3 Å². The first-order chi connectivity index (χ1) is 9.16. The lowest BCUT2D eigenvalue weighted by Crippen LogP contribution is -2.47. The minimum Gasteiger partial charge on any atom is -0.450 e. The summed E-state index contributed by atoms with van der Waals surface area (Å²) in [6, 6.07) is 7.43. The van der Waals surface area contributed by atoms with Crippen LogP contribution in [0, 0.1) is 0 Å². The van der Waals surface area contributed by atoms with Crippen LogP contribution in [0.5, 0.6) is 0 Å². The van der Waals surface area contributed by atoms with Gasteiger partial charge in [-0.2, -0.15) is 0 Å². The number of nitrogens with one attached hydrogen (secondary N) is 1. The lowest BCUT2D eigenvalue weighted by molar-refractivity contribution is -0.0366. The number of benzene rings is 1. The quantitative estimate of drug-likeness (QED) is 0.432. The Labute approximate surface area is 124 Å². The number of likely N-dealkylation sites (tertiary alicyclic amines) is 1. The summed E-state index contributed by atoms with van der Waals surface area (Å²) in [4.78, 5) is 25.2. The number of carbonyl (C=O) groups is 2. The Bertz CT molecular complexity index is 538. The minimum absolute atomic E-state index is 0.0898. The van der Waals surface area contributed by atoms with Gasteiger partial charge in [0.2, 0.25) is 0 Å². The van der Waals surface area contributed by atoms with E-state index in [0.717, 1.165) is 5.56 Å². The lowest BCUT2D eigenvalue weighted by atomic mass is 9.84. The maximum Gasteiger partial charge on any atom is 0.339 e. The first kappa shape index (κ1) is 12.7. The molecule has 0 unspecified atom stereocenters. The van der Waals surface area contributed by atoms with Crippen LogP contribution < -0.4 is 3.53 Å². The molecule has 6 heteroatoms. The molecule has 1 N–H and O–H groups in total. The first-order valence-corrected chi connectivity index (χ1v) is 7.22. The molecule has 19 heavy (non-hydrogen) atoms. The van der Waals surface area contributed by atoms with Gasteiger partial charge in [-0.25, -0.2) is 9.59 Å². The van der Waals surface area contributed by atoms with Gasteiger partial charge in [-0.3, -0.25) is 3.53 Å². The molecule has 2 aliphatic rings. The van der Waals surface area contributed by atoms with Gasteiger partial charge in [-0.15, -0.1) is 0 Å². The summed E-state index contributed by atoms with van der Waals surface area (Å²) >= 11 is 1.83. The van der Waals surface area contributed by atoms with E-state index in [0.29, 0.717) is 31.5 Å². The summed E-state index contributed by atoms with van der Waals surface area (Å²) in [7, 11) is 0. The van der Waals surface area contributed by atoms with Crippen molar-refractivity contribution >= 4 is 34.9 Å². The Morgan fingerprint density at radius 2 is 2.00 bits per heavy atom. The largest absolute Gasteiger partial charge is 0.450 e. The van der Waals surface area contributed by atoms with Crippen molar-refractivity contribution in [2.24, 2.45) is 0 Å². The third kappa shape index (κ3) is 1.98. The summed E-state index contributed by atoms with van der Waals surface area (Å²) < 4.78 is 8.21. The number of nitrogens with zero attached hydrogens (tertiary/aromatic N) is 1. The van der Waals surface area contributed by atoms with E-state index in [1.54, 1.807) is 11.0 Å². The molecule has 0 aliphatic carbocycles. The number of carbonyl (C=O) groups excluding carboxylic acids is 2. The molecule has 1 aromatic rings. The van der Waals surface area contributed by atoms with Crippen LogP contribution in [0.25, 0.3) is 0 Å². The fourth-order valence-electron chi connectivity index (χ4n) is 2.85. The average molecular weight is 372 g/mol. The second kappa shape index (κ2) is 4.66. The third-order valence-electron chi connectivity index (χ3n) is 3.87. The zero-order chi connectivity index (χ0) is 13.5. The van der Waals surface area contributed by atoms with Crippen LogP contribution in [0.3, 0.4) is 0 Å². The highest BCUT2D eigenvalue weighted by atomic mass is 127. The number of amides is 2.